The first kappa shape index (κ1) is 15.6. The lowest BCUT2D eigenvalue weighted by atomic mass is 9.83. The number of hydrogen-bond donors (Lipinski definition) is 3. The Kier molecular flexibility index (Phi) is 4.66. The molecule has 2 rings (SSSR count). The summed E-state index contributed by atoms with van der Waals surface area (Å²) in [5.74, 6) is -0.832. The quantitative estimate of drug-likeness (QED) is 0.760. The predicted molar refractivity (Wildman–Crippen MR) is 78.3 cm³/mol. The van der Waals surface area contributed by atoms with Crippen LogP contribution in [0.1, 0.15) is 31.9 Å². The monoisotopic (exact) mass is 313 g/mol. The Morgan fingerprint density at radius 2 is 2.33 bits per heavy atom. The van der Waals surface area contributed by atoms with Gasteiger partial charge in [-0.3, -0.25) is 9.59 Å². The van der Waals surface area contributed by atoms with E-state index >= 15 is 0 Å². The molecule has 1 aliphatic rings. The molecule has 1 saturated heterocycles. The van der Waals surface area contributed by atoms with Crippen LogP contribution in [0, 0.1) is 5.41 Å². The van der Waals surface area contributed by atoms with Crippen molar-refractivity contribution in [1.82, 2.24) is 15.2 Å². The molecule has 0 saturated carbocycles. The second-order valence-corrected chi connectivity index (χ2v) is 6.18. The summed E-state index contributed by atoms with van der Waals surface area (Å²) >= 11 is 1.04. The molecule has 1 unspecified atom stereocenters. The smallest absolute Gasteiger partial charge is 0.317 e. The van der Waals surface area contributed by atoms with Crippen molar-refractivity contribution in [2.45, 2.75) is 32.7 Å². The average Bonchev–Trinajstić information content (AvgIpc) is 3.04. The number of hydrogen-bond acceptors (Lipinski definition) is 4. The number of carboxylic acid groups (broad SMARTS) is 1. The summed E-state index contributed by atoms with van der Waals surface area (Å²) in [4.78, 5) is 38.5. The molecule has 1 fully saturated rings. The molecule has 0 aromatic carbocycles. The van der Waals surface area contributed by atoms with Crippen molar-refractivity contribution in [3.63, 3.8) is 0 Å². The molecule has 7 nitrogen and oxygen atoms in total. The minimum atomic E-state index is -0.832. The van der Waals surface area contributed by atoms with E-state index in [4.69, 9.17) is 0 Å². The molecule has 1 atom stereocenters. The van der Waals surface area contributed by atoms with Crippen LogP contribution in [0.2, 0.25) is 0 Å². The number of aromatic amines is 1. The number of likely N-dealkylation sites (tertiary alicyclic amines) is 1. The Labute approximate surface area is 126 Å². The molecule has 0 aliphatic carbocycles. The fraction of sp³-hybridized carbons (Fsp3) is 0.615. The van der Waals surface area contributed by atoms with Gasteiger partial charge in [-0.2, -0.15) is 0 Å². The summed E-state index contributed by atoms with van der Waals surface area (Å²) in [5.41, 5.74) is -0.168. The van der Waals surface area contributed by atoms with Gasteiger partial charge in [-0.25, -0.2) is 4.79 Å². The van der Waals surface area contributed by atoms with Crippen LogP contribution in [0.15, 0.2) is 10.2 Å². The highest BCUT2D eigenvalue weighted by molar-refractivity contribution is 7.07. The topological polar surface area (TPSA) is 102 Å². The maximum atomic E-state index is 12.1. The van der Waals surface area contributed by atoms with E-state index in [9.17, 15) is 19.5 Å². The van der Waals surface area contributed by atoms with Crippen LogP contribution in [0.4, 0.5) is 4.79 Å². The van der Waals surface area contributed by atoms with E-state index in [0.29, 0.717) is 25.1 Å². The summed E-state index contributed by atoms with van der Waals surface area (Å²) in [6, 6.07) is -0.290. The standard InChI is InChI=1S/C13H19N3O4S/c1-2-3-13(10(17)18)4-5-16(8-13)11(19)14-6-9-7-21-12(20)15-9/h7H,2-6,8H2,1H3,(H,14,19)(H,15,20)(H,17,18). The highest BCUT2D eigenvalue weighted by atomic mass is 32.1. The molecule has 1 aromatic rings. The van der Waals surface area contributed by atoms with Crippen molar-refractivity contribution in [1.29, 1.82) is 0 Å². The maximum absolute atomic E-state index is 12.1. The number of thiazole rings is 1. The lowest BCUT2D eigenvalue weighted by Crippen LogP contribution is -2.41. The summed E-state index contributed by atoms with van der Waals surface area (Å²) in [6.07, 6.45) is 1.83. The second kappa shape index (κ2) is 6.30. The van der Waals surface area contributed by atoms with E-state index in [1.54, 1.807) is 5.38 Å². The molecule has 3 N–H and O–H groups in total. The van der Waals surface area contributed by atoms with Crippen molar-refractivity contribution in [2.24, 2.45) is 5.41 Å². The summed E-state index contributed by atoms with van der Waals surface area (Å²) in [6.45, 7) is 2.86. The Balaban J connectivity index is 1.92. The van der Waals surface area contributed by atoms with Gasteiger partial charge in [-0.15, -0.1) is 0 Å². The lowest BCUT2D eigenvalue weighted by Gasteiger charge is -2.24. The molecule has 21 heavy (non-hydrogen) atoms. The first-order valence-electron chi connectivity index (χ1n) is 6.90. The van der Waals surface area contributed by atoms with Crippen molar-refractivity contribution >= 4 is 23.3 Å². The molecule has 0 spiro atoms. The maximum Gasteiger partial charge on any atom is 0.317 e. The van der Waals surface area contributed by atoms with Crippen LogP contribution >= 0.6 is 11.3 Å². The van der Waals surface area contributed by atoms with Crippen molar-refractivity contribution < 1.29 is 14.7 Å². The van der Waals surface area contributed by atoms with Crippen molar-refractivity contribution in [2.75, 3.05) is 13.1 Å². The number of urea groups is 1. The molecule has 2 heterocycles. The van der Waals surface area contributed by atoms with Crippen LogP contribution in [0.3, 0.4) is 0 Å². The van der Waals surface area contributed by atoms with E-state index in [0.717, 1.165) is 17.8 Å². The molecule has 0 bridgehead atoms. The van der Waals surface area contributed by atoms with Crippen LogP contribution < -0.4 is 10.2 Å². The largest absolute Gasteiger partial charge is 0.481 e. The number of carbonyl (C=O) groups excluding carboxylic acids is 1. The van der Waals surface area contributed by atoms with E-state index in [1.807, 2.05) is 6.92 Å². The number of carboxylic acids is 1. The van der Waals surface area contributed by atoms with Crippen LogP contribution in [-0.2, 0) is 11.3 Å². The number of nitrogens with one attached hydrogen (secondary N) is 2. The third-order valence-corrected chi connectivity index (χ3v) is 4.54. The summed E-state index contributed by atoms with van der Waals surface area (Å²) < 4.78 is 0. The lowest BCUT2D eigenvalue weighted by molar-refractivity contribution is -0.148. The van der Waals surface area contributed by atoms with Gasteiger partial charge in [-0.05, 0) is 12.8 Å². The van der Waals surface area contributed by atoms with Gasteiger partial charge in [-0.1, -0.05) is 24.7 Å². The zero-order valence-electron chi connectivity index (χ0n) is 11.8. The van der Waals surface area contributed by atoms with Gasteiger partial charge >= 0.3 is 16.9 Å². The third kappa shape index (κ3) is 3.44. The van der Waals surface area contributed by atoms with Crippen LogP contribution in [0.5, 0.6) is 0 Å². The molecular formula is C13H19N3O4S. The average molecular weight is 313 g/mol. The molecular weight excluding hydrogens is 294 g/mol. The fourth-order valence-corrected chi connectivity index (χ4v) is 3.27. The van der Waals surface area contributed by atoms with E-state index < -0.39 is 11.4 Å². The number of aliphatic carboxylic acids is 1. The van der Waals surface area contributed by atoms with Gasteiger partial charge in [0.2, 0.25) is 0 Å². The molecule has 0 radical (unpaired) electrons. The Bertz CT molecular complexity index is 582. The highest BCUT2D eigenvalue weighted by Gasteiger charge is 2.45. The number of H-pyrrole nitrogens is 1. The van der Waals surface area contributed by atoms with Gasteiger partial charge in [0, 0.05) is 24.2 Å². The summed E-state index contributed by atoms with van der Waals surface area (Å²) in [5, 5.41) is 13.8. The van der Waals surface area contributed by atoms with Crippen molar-refractivity contribution in [3.05, 3.63) is 20.7 Å². The third-order valence-electron chi connectivity index (χ3n) is 3.82. The number of nitrogens with zero attached hydrogens (tertiary/aromatic N) is 1. The van der Waals surface area contributed by atoms with Crippen molar-refractivity contribution in [3.8, 4) is 0 Å². The van der Waals surface area contributed by atoms with E-state index in [2.05, 4.69) is 10.3 Å². The first-order valence-corrected chi connectivity index (χ1v) is 7.78. The SMILES string of the molecule is CCCC1(C(=O)O)CCN(C(=O)NCc2csc(=O)[nH]2)C1. The molecule has 8 heteroatoms. The van der Waals surface area contributed by atoms with E-state index in [-0.39, 0.29) is 24.0 Å². The normalized spacial score (nSPS) is 21.5. The van der Waals surface area contributed by atoms with Crippen LogP contribution in [-0.4, -0.2) is 40.1 Å². The number of carbonyl (C=O) groups is 2. The second-order valence-electron chi connectivity index (χ2n) is 5.34. The molecule has 116 valence electrons. The Morgan fingerprint density at radius 1 is 1.57 bits per heavy atom. The number of rotatable bonds is 5. The predicted octanol–water partition coefficient (Wildman–Crippen LogP) is 1.22. The molecule has 2 amide bonds. The minimum Gasteiger partial charge on any atom is -0.481 e. The van der Waals surface area contributed by atoms with E-state index in [1.165, 1.54) is 4.90 Å². The van der Waals surface area contributed by atoms with Gasteiger partial charge < -0.3 is 20.3 Å². The first-order chi connectivity index (χ1) is 9.97. The Hall–Kier alpha value is -1.83. The fourth-order valence-electron chi connectivity index (χ4n) is 2.69. The van der Waals surface area contributed by atoms with Crippen LogP contribution in [0.25, 0.3) is 0 Å². The Morgan fingerprint density at radius 3 is 2.90 bits per heavy atom. The molecule has 1 aliphatic heterocycles. The van der Waals surface area contributed by atoms with Gasteiger partial charge in [0.25, 0.3) is 0 Å². The van der Waals surface area contributed by atoms with Gasteiger partial charge in [0.1, 0.15) is 0 Å². The zero-order valence-corrected chi connectivity index (χ0v) is 12.7. The zero-order chi connectivity index (χ0) is 15.5. The minimum absolute atomic E-state index is 0.159. The number of amides is 2. The van der Waals surface area contributed by atoms with Gasteiger partial charge in [0.05, 0.1) is 12.0 Å². The molecule has 1 aromatic heterocycles. The highest BCUT2D eigenvalue weighted by Crippen LogP contribution is 2.35. The number of aromatic nitrogens is 1. The van der Waals surface area contributed by atoms with Gasteiger partial charge in [0.15, 0.2) is 0 Å². The summed E-state index contributed by atoms with van der Waals surface area (Å²) in [7, 11) is 0.